The number of Topliss-reactive ketones (excluding diaryl/α,β-unsaturated/α-hetero) is 1. The predicted octanol–water partition coefficient (Wildman–Crippen LogP) is 6.61. The van der Waals surface area contributed by atoms with Gasteiger partial charge in [0.1, 0.15) is 18.1 Å². The van der Waals surface area contributed by atoms with Gasteiger partial charge in [0.25, 0.3) is 0 Å². The smallest absolute Gasteiger partial charge is 0.338 e. The summed E-state index contributed by atoms with van der Waals surface area (Å²) >= 11 is 0. The molecule has 2 heterocycles. The summed E-state index contributed by atoms with van der Waals surface area (Å²) in [7, 11) is 3.27. The number of ketones is 1. The fourth-order valence-corrected chi connectivity index (χ4v) is 6.19. The number of carbonyl (C=O) groups is 2. The second kappa shape index (κ2) is 20.8. The largest absolute Gasteiger partial charge is 0.497 e. The maximum absolute atomic E-state index is 12.8. The molecule has 0 bridgehead atoms. The Bertz CT molecular complexity index is 2050. The number of rotatable bonds is 22. The number of nitrogens with zero attached hydrogens (tertiary/aromatic N) is 6. The molecule has 6 rings (SSSR count). The summed E-state index contributed by atoms with van der Waals surface area (Å²) in [5.41, 5.74) is 5.58. The first-order valence-electron chi connectivity index (χ1n) is 19.1. The van der Waals surface area contributed by atoms with E-state index in [1.54, 1.807) is 38.5 Å². The first-order chi connectivity index (χ1) is 27.9. The highest BCUT2D eigenvalue weighted by Crippen LogP contribution is 2.30. The van der Waals surface area contributed by atoms with Crippen molar-refractivity contribution in [3.05, 3.63) is 114 Å². The lowest BCUT2D eigenvalue weighted by atomic mass is 9.99. The lowest BCUT2D eigenvalue weighted by Crippen LogP contribution is -2.25. The number of hydrogen-bond acceptors (Lipinski definition) is 13. The Kier molecular flexibility index (Phi) is 14.9. The van der Waals surface area contributed by atoms with E-state index in [1.807, 2.05) is 72.8 Å². The number of anilines is 1. The van der Waals surface area contributed by atoms with E-state index < -0.39 is 5.97 Å². The summed E-state index contributed by atoms with van der Waals surface area (Å²) in [6.07, 6.45) is 3.23. The highest BCUT2D eigenvalue weighted by Gasteiger charge is 2.28. The van der Waals surface area contributed by atoms with Gasteiger partial charge >= 0.3 is 5.97 Å². The number of benzene rings is 4. The summed E-state index contributed by atoms with van der Waals surface area (Å²) in [5.74, 6) is 1.54. The van der Waals surface area contributed by atoms with Gasteiger partial charge in [-0.3, -0.25) is 9.80 Å². The molecule has 298 valence electrons. The maximum atomic E-state index is 12.8. The highest BCUT2D eigenvalue weighted by molar-refractivity contribution is 6.04. The van der Waals surface area contributed by atoms with Crippen LogP contribution in [0.2, 0.25) is 0 Å². The van der Waals surface area contributed by atoms with Crippen LogP contribution in [-0.4, -0.2) is 104 Å². The molecular formula is C43H48N6O8. The normalized spacial score (nSPS) is 13.7. The first kappa shape index (κ1) is 40.7. The molecule has 0 saturated heterocycles. The van der Waals surface area contributed by atoms with Gasteiger partial charge in [-0.1, -0.05) is 49.7 Å². The van der Waals surface area contributed by atoms with Crippen molar-refractivity contribution in [1.29, 1.82) is 0 Å². The monoisotopic (exact) mass is 776 g/mol. The van der Waals surface area contributed by atoms with Crippen LogP contribution in [0.4, 0.5) is 5.69 Å². The van der Waals surface area contributed by atoms with Crippen LogP contribution in [0, 0.1) is 0 Å². The summed E-state index contributed by atoms with van der Waals surface area (Å²) < 4.78 is 32.5. The number of methoxy groups -OCH3 is 2. The SMILES string of the molecule is CCCC1CC(c2ccc(C(=O)CCOCCOCCOCCOC(=O)c3ccc(-c4nnn(-c5ccc(OC)cc5)n4)cc3)cc2)=NN1c1ccc(OC)cc1. The van der Waals surface area contributed by atoms with Gasteiger partial charge in [0.15, 0.2) is 5.78 Å². The molecule has 57 heavy (non-hydrogen) atoms. The van der Waals surface area contributed by atoms with E-state index in [9.17, 15) is 9.59 Å². The molecule has 1 aliphatic rings. The van der Waals surface area contributed by atoms with Gasteiger partial charge in [-0.15, -0.1) is 15.0 Å². The van der Waals surface area contributed by atoms with Crippen LogP contribution in [0.5, 0.6) is 11.5 Å². The number of carbonyl (C=O) groups excluding carboxylic acids is 2. The standard InChI is InChI=1S/C43H48N6O8/c1-4-5-37-30-40(45-48(37)35-14-18-38(52-2)19-15-35)31-6-8-32(9-7-31)41(50)22-23-54-24-25-55-26-27-56-28-29-57-43(51)34-12-10-33(11-13-34)42-44-47-49(46-42)36-16-20-39(53-3)21-17-36/h6-21,37H,4-5,22-30H2,1-3H3. The van der Waals surface area contributed by atoms with Crippen LogP contribution in [0.25, 0.3) is 17.1 Å². The van der Waals surface area contributed by atoms with Gasteiger partial charge < -0.3 is 28.4 Å². The summed E-state index contributed by atoms with van der Waals surface area (Å²) in [5, 5.41) is 19.7. The van der Waals surface area contributed by atoms with Crippen LogP contribution in [0.1, 0.15) is 58.9 Å². The van der Waals surface area contributed by atoms with E-state index in [4.69, 9.17) is 33.5 Å². The summed E-state index contributed by atoms with van der Waals surface area (Å²) in [6.45, 7) is 4.28. The van der Waals surface area contributed by atoms with Gasteiger partial charge in [-0.2, -0.15) is 5.10 Å². The topological polar surface area (TPSA) is 149 Å². The lowest BCUT2D eigenvalue weighted by Gasteiger charge is -2.23. The third-order valence-electron chi connectivity index (χ3n) is 9.28. The zero-order chi connectivity index (χ0) is 39.8. The Morgan fingerprint density at radius 3 is 1.84 bits per heavy atom. The molecule has 0 N–H and O–H groups in total. The molecule has 0 radical (unpaired) electrons. The minimum absolute atomic E-state index is 0.0229. The zero-order valence-electron chi connectivity index (χ0n) is 32.5. The average Bonchev–Trinajstić information content (AvgIpc) is 3.93. The van der Waals surface area contributed by atoms with Gasteiger partial charge in [0.05, 0.1) is 82.6 Å². The number of tetrazole rings is 1. The van der Waals surface area contributed by atoms with Crippen molar-refractivity contribution in [2.45, 2.75) is 38.6 Å². The molecule has 0 spiro atoms. The Balaban J connectivity index is 0.804. The van der Waals surface area contributed by atoms with E-state index in [2.05, 4.69) is 27.3 Å². The van der Waals surface area contributed by atoms with E-state index in [0.29, 0.717) is 55.5 Å². The number of hydrazone groups is 1. The Morgan fingerprint density at radius 1 is 0.667 bits per heavy atom. The van der Waals surface area contributed by atoms with Gasteiger partial charge in [-0.25, -0.2) is 4.79 Å². The quantitative estimate of drug-likeness (QED) is 0.0423. The molecule has 0 fully saturated rings. The zero-order valence-corrected chi connectivity index (χ0v) is 32.5. The van der Waals surface area contributed by atoms with Crippen molar-refractivity contribution < 1.29 is 38.0 Å². The first-order valence-corrected chi connectivity index (χ1v) is 19.1. The van der Waals surface area contributed by atoms with Crippen molar-refractivity contribution in [2.24, 2.45) is 5.10 Å². The Morgan fingerprint density at radius 2 is 1.23 bits per heavy atom. The van der Waals surface area contributed by atoms with Gasteiger partial charge in [0, 0.05) is 24.0 Å². The van der Waals surface area contributed by atoms with Gasteiger partial charge in [0.2, 0.25) is 5.82 Å². The molecule has 4 aromatic carbocycles. The van der Waals surface area contributed by atoms with E-state index in [1.165, 1.54) is 4.80 Å². The number of aromatic nitrogens is 4. The second-order valence-electron chi connectivity index (χ2n) is 13.1. The van der Waals surface area contributed by atoms with Crippen molar-refractivity contribution >= 4 is 23.2 Å². The summed E-state index contributed by atoms with van der Waals surface area (Å²) in [6, 6.07) is 30.0. The van der Waals surface area contributed by atoms with Gasteiger partial charge in [-0.05, 0) is 77.9 Å². The van der Waals surface area contributed by atoms with Crippen LogP contribution in [0.3, 0.4) is 0 Å². The maximum Gasteiger partial charge on any atom is 0.338 e. The van der Waals surface area contributed by atoms with Crippen molar-refractivity contribution in [1.82, 2.24) is 20.2 Å². The van der Waals surface area contributed by atoms with E-state index in [0.717, 1.165) is 53.4 Å². The van der Waals surface area contributed by atoms with Crippen molar-refractivity contribution in [2.75, 3.05) is 65.5 Å². The minimum Gasteiger partial charge on any atom is -0.497 e. The second-order valence-corrected chi connectivity index (χ2v) is 13.1. The summed E-state index contributed by atoms with van der Waals surface area (Å²) in [4.78, 5) is 26.7. The molecule has 0 aliphatic carbocycles. The molecule has 14 nitrogen and oxygen atoms in total. The Hall–Kier alpha value is -5.96. The molecule has 5 aromatic rings. The van der Waals surface area contributed by atoms with Crippen molar-refractivity contribution in [3.8, 4) is 28.6 Å². The van der Waals surface area contributed by atoms with Crippen LogP contribution >= 0.6 is 0 Å². The van der Waals surface area contributed by atoms with Crippen LogP contribution < -0.4 is 14.5 Å². The molecule has 1 unspecified atom stereocenters. The molecule has 0 saturated carbocycles. The van der Waals surface area contributed by atoms with E-state index in [-0.39, 0.29) is 31.5 Å². The minimum atomic E-state index is -0.457. The molecular weight excluding hydrogens is 729 g/mol. The molecule has 1 aliphatic heterocycles. The molecule has 0 amide bonds. The number of ether oxygens (including phenoxy) is 6. The number of hydrogen-bond donors (Lipinski definition) is 0. The van der Waals surface area contributed by atoms with Crippen LogP contribution in [-0.2, 0) is 18.9 Å². The molecule has 1 aromatic heterocycles. The average molecular weight is 777 g/mol. The third-order valence-corrected chi connectivity index (χ3v) is 9.28. The number of esters is 1. The lowest BCUT2D eigenvalue weighted by molar-refractivity contribution is 0.000503. The Labute approximate surface area is 332 Å². The highest BCUT2D eigenvalue weighted by atomic mass is 16.6. The fourth-order valence-electron chi connectivity index (χ4n) is 6.19. The van der Waals surface area contributed by atoms with E-state index >= 15 is 0 Å². The molecule has 1 atom stereocenters. The fraction of sp³-hybridized carbons (Fsp3) is 0.349. The predicted molar refractivity (Wildman–Crippen MR) is 215 cm³/mol. The van der Waals surface area contributed by atoms with Crippen LogP contribution in [0.15, 0.2) is 102 Å². The molecule has 14 heteroatoms. The van der Waals surface area contributed by atoms with Crippen molar-refractivity contribution in [3.63, 3.8) is 0 Å². The third kappa shape index (κ3) is 11.3.